The molecule has 0 amide bonds. The average molecular weight is 287 g/mol. The predicted octanol–water partition coefficient (Wildman–Crippen LogP) is 4.92. The minimum Gasteiger partial charge on any atom is -0.488 e. The summed E-state index contributed by atoms with van der Waals surface area (Å²) in [7, 11) is 0. The van der Waals surface area contributed by atoms with E-state index in [0.29, 0.717) is 6.61 Å². The van der Waals surface area contributed by atoms with E-state index in [0.717, 1.165) is 22.6 Å². The number of rotatable bonds is 1. The molecule has 0 bridgehead atoms. The van der Waals surface area contributed by atoms with E-state index < -0.39 is 0 Å². The number of pyridine rings is 1. The molecule has 108 valence electrons. The molecule has 0 saturated heterocycles. The molecule has 1 aliphatic heterocycles. The molecule has 2 heteroatoms. The molecule has 0 aliphatic carbocycles. The summed E-state index contributed by atoms with van der Waals surface area (Å²) in [6.07, 6.45) is 1.93. The van der Waals surface area contributed by atoms with Gasteiger partial charge in [0.1, 0.15) is 12.4 Å². The van der Waals surface area contributed by atoms with E-state index in [1.54, 1.807) is 0 Å². The Morgan fingerprint density at radius 2 is 1.64 bits per heavy atom. The number of nitrogens with zero attached hydrogens (tertiary/aromatic N) is 1. The molecule has 0 atom stereocenters. The largest absolute Gasteiger partial charge is 0.488 e. The number of aromatic nitrogens is 1. The summed E-state index contributed by atoms with van der Waals surface area (Å²) in [5, 5.41) is 0. The quantitative estimate of drug-likeness (QED) is 0.633. The summed E-state index contributed by atoms with van der Waals surface area (Å²) in [6, 6.07) is 16.8. The Bertz CT molecular complexity index is 867. The molecule has 2 heterocycles. The van der Waals surface area contributed by atoms with Crippen LogP contribution in [0.2, 0.25) is 0 Å². The van der Waals surface area contributed by atoms with Crippen molar-refractivity contribution >= 4 is 0 Å². The molecule has 2 aromatic carbocycles. The van der Waals surface area contributed by atoms with Crippen molar-refractivity contribution in [1.82, 2.24) is 4.98 Å². The van der Waals surface area contributed by atoms with Crippen molar-refractivity contribution in [3.8, 4) is 28.1 Å². The fraction of sp³-hybridized carbons (Fsp3) is 0.150. The predicted molar refractivity (Wildman–Crippen MR) is 88.9 cm³/mol. The number of para-hydroxylation sites is 1. The molecule has 0 fully saturated rings. The lowest BCUT2D eigenvalue weighted by atomic mass is 9.94. The number of hydrogen-bond donors (Lipinski definition) is 0. The maximum Gasteiger partial charge on any atom is 0.137 e. The second-order valence-electron chi connectivity index (χ2n) is 5.78. The Kier molecular flexibility index (Phi) is 2.97. The third-order valence-corrected chi connectivity index (χ3v) is 4.34. The molecule has 22 heavy (non-hydrogen) atoms. The van der Waals surface area contributed by atoms with Crippen LogP contribution in [0, 0.1) is 13.8 Å². The van der Waals surface area contributed by atoms with Gasteiger partial charge in [0.2, 0.25) is 0 Å². The Hall–Kier alpha value is -2.61. The minimum atomic E-state index is 0.616. The first-order valence-corrected chi connectivity index (χ1v) is 7.52. The molecule has 2 nitrogen and oxygen atoms in total. The summed E-state index contributed by atoms with van der Waals surface area (Å²) in [5.74, 6) is 0.942. The van der Waals surface area contributed by atoms with Crippen molar-refractivity contribution in [2.75, 3.05) is 0 Å². The van der Waals surface area contributed by atoms with Gasteiger partial charge in [0.15, 0.2) is 0 Å². The highest BCUT2D eigenvalue weighted by molar-refractivity contribution is 5.83. The summed E-state index contributed by atoms with van der Waals surface area (Å²) >= 11 is 0. The molecule has 0 spiro atoms. The van der Waals surface area contributed by atoms with Crippen LogP contribution in [0.15, 0.2) is 54.7 Å². The zero-order valence-electron chi connectivity index (χ0n) is 12.8. The first-order chi connectivity index (χ1) is 10.7. The van der Waals surface area contributed by atoms with Gasteiger partial charge in [0.05, 0.1) is 5.69 Å². The highest BCUT2D eigenvalue weighted by Crippen LogP contribution is 2.43. The first-order valence-electron chi connectivity index (χ1n) is 7.52. The van der Waals surface area contributed by atoms with Gasteiger partial charge in [-0.3, -0.25) is 4.98 Å². The van der Waals surface area contributed by atoms with Crippen molar-refractivity contribution in [3.05, 3.63) is 71.4 Å². The van der Waals surface area contributed by atoms with E-state index in [4.69, 9.17) is 4.74 Å². The Labute approximate surface area is 130 Å². The van der Waals surface area contributed by atoms with Gasteiger partial charge in [0, 0.05) is 17.3 Å². The summed E-state index contributed by atoms with van der Waals surface area (Å²) < 4.78 is 6.07. The lowest BCUT2D eigenvalue weighted by Crippen LogP contribution is -2.06. The zero-order valence-corrected chi connectivity index (χ0v) is 12.8. The van der Waals surface area contributed by atoms with Crippen molar-refractivity contribution in [1.29, 1.82) is 0 Å². The highest BCUT2D eigenvalue weighted by atomic mass is 16.5. The van der Waals surface area contributed by atoms with Gasteiger partial charge < -0.3 is 4.74 Å². The molecule has 0 N–H and O–H groups in total. The van der Waals surface area contributed by atoms with Crippen LogP contribution in [0.4, 0.5) is 0 Å². The maximum absolute atomic E-state index is 6.07. The molecule has 0 radical (unpaired) electrons. The van der Waals surface area contributed by atoms with Crippen LogP contribution in [-0.2, 0) is 6.61 Å². The number of aryl methyl sites for hydroxylation is 2. The van der Waals surface area contributed by atoms with Crippen LogP contribution in [-0.4, -0.2) is 4.98 Å². The van der Waals surface area contributed by atoms with Gasteiger partial charge in [-0.25, -0.2) is 0 Å². The van der Waals surface area contributed by atoms with Crippen molar-refractivity contribution < 1.29 is 4.74 Å². The topological polar surface area (TPSA) is 22.1 Å². The minimum absolute atomic E-state index is 0.616. The lowest BCUT2D eigenvalue weighted by Gasteiger charge is -2.23. The summed E-state index contributed by atoms with van der Waals surface area (Å²) in [6.45, 7) is 4.82. The average Bonchev–Trinajstić information content (AvgIpc) is 2.56. The fourth-order valence-corrected chi connectivity index (χ4v) is 2.94. The molecule has 1 aliphatic rings. The second kappa shape index (κ2) is 4.99. The monoisotopic (exact) mass is 287 g/mol. The smallest absolute Gasteiger partial charge is 0.137 e. The highest BCUT2D eigenvalue weighted by Gasteiger charge is 2.20. The molecule has 0 saturated carbocycles. The SMILES string of the molecule is Cc1cnc(-c2cccc3c2OCc2ccccc2-3)cc1C. The lowest BCUT2D eigenvalue weighted by molar-refractivity contribution is 0.303. The maximum atomic E-state index is 6.07. The van der Waals surface area contributed by atoms with Crippen LogP contribution in [0.3, 0.4) is 0 Å². The second-order valence-corrected chi connectivity index (χ2v) is 5.78. The van der Waals surface area contributed by atoms with Crippen LogP contribution in [0.1, 0.15) is 16.7 Å². The van der Waals surface area contributed by atoms with Crippen LogP contribution in [0.25, 0.3) is 22.4 Å². The molecular formula is C20H17NO. The third kappa shape index (κ3) is 2.00. The van der Waals surface area contributed by atoms with E-state index in [1.807, 2.05) is 6.20 Å². The van der Waals surface area contributed by atoms with Crippen molar-refractivity contribution in [3.63, 3.8) is 0 Å². The number of fused-ring (bicyclic) bond motifs is 3. The number of ether oxygens (including phenoxy) is 1. The van der Waals surface area contributed by atoms with E-state index in [1.165, 1.54) is 22.3 Å². The fourth-order valence-electron chi connectivity index (χ4n) is 2.94. The summed E-state index contributed by atoms with van der Waals surface area (Å²) in [4.78, 5) is 4.59. The summed E-state index contributed by atoms with van der Waals surface area (Å²) in [5.41, 5.74) is 8.14. The third-order valence-electron chi connectivity index (χ3n) is 4.34. The molecule has 4 rings (SSSR count). The molecule has 0 unspecified atom stereocenters. The Morgan fingerprint density at radius 1 is 0.864 bits per heavy atom. The van der Waals surface area contributed by atoms with Gasteiger partial charge in [0.25, 0.3) is 0 Å². The van der Waals surface area contributed by atoms with Crippen molar-refractivity contribution in [2.45, 2.75) is 20.5 Å². The van der Waals surface area contributed by atoms with E-state index in [-0.39, 0.29) is 0 Å². The number of hydrogen-bond acceptors (Lipinski definition) is 2. The Balaban J connectivity index is 1.92. The van der Waals surface area contributed by atoms with Crippen LogP contribution < -0.4 is 4.74 Å². The van der Waals surface area contributed by atoms with Gasteiger partial charge in [-0.2, -0.15) is 0 Å². The van der Waals surface area contributed by atoms with Gasteiger partial charge in [-0.05, 0) is 48.2 Å². The van der Waals surface area contributed by atoms with Crippen LogP contribution in [0.5, 0.6) is 5.75 Å². The van der Waals surface area contributed by atoms with Crippen LogP contribution >= 0.6 is 0 Å². The van der Waals surface area contributed by atoms with Gasteiger partial charge in [-0.1, -0.05) is 36.4 Å². The molecular weight excluding hydrogens is 270 g/mol. The van der Waals surface area contributed by atoms with Gasteiger partial charge >= 0.3 is 0 Å². The van der Waals surface area contributed by atoms with E-state index in [9.17, 15) is 0 Å². The normalized spacial score (nSPS) is 12.3. The Morgan fingerprint density at radius 3 is 2.50 bits per heavy atom. The van der Waals surface area contributed by atoms with E-state index >= 15 is 0 Å². The van der Waals surface area contributed by atoms with E-state index in [2.05, 4.69) is 67.4 Å². The number of benzene rings is 2. The molecule has 3 aromatic rings. The van der Waals surface area contributed by atoms with Crippen molar-refractivity contribution in [2.24, 2.45) is 0 Å². The molecule has 1 aromatic heterocycles. The standard InChI is InChI=1S/C20H17NO/c1-13-10-19(21-11-14(13)2)18-9-5-8-17-16-7-4-3-6-15(16)12-22-20(17)18/h3-11H,12H2,1-2H3. The first kappa shape index (κ1) is 13.1. The zero-order chi connectivity index (χ0) is 15.1. The van der Waals surface area contributed by atoms with Gasteiger partial charge in [-0.15, -0.1) is 0 Å².